The fourth-order valence-electron chi connectivity index (χ4n) is 2.92. The predicted molar refractivity (Wildman–Crippen MR) is 87.8 cm³/mol. The lowest BCUT2D eigenvalue weighted by Gasteiger charge is -2.23. The highest BCUT2D eigenvalue weighted by molar-refractivity contribution is 7.89. The van der Waals surface area contributed by atoms with Crippen molar-refractivity contribution in [2.45, 2.75) is 37.4 Å². The molecule has 1 aliphatic rings. The van der Waals surface area contributed by atoms with E-state index in [1.807, 2.05) is 31.2 Å². The van der Waals surface area contributed by atoms with E-state index in [1.54, 1.807) is 4.31 Å². The molecule has 1 aliphatic heterocycles. The number of alkyl halides is 3. The monoisotopic (exact) mass is 353 g/mol. The molecule has 2 aromatic carbocycles. The Hall–Kier alpha value is -1.50. The molecule has 0 radical (unpaired) electrons. The van der Waals surface area contributed by atoms with Gasteiger partial charge in [-0.1, -0.05) is 35.9 Å². The van der Waals surface area contributed by atoms with Gasteiger partial charge in [-0.15, -0.1) is 4.31 Å². The minimum Gasteiger partial charge on any atom is -0.593 e. The van der Waals surface area contributed by atoms with Crippen LogP contribution in [0.15, 0.2) is 47.4 Å². The van der Waals surface area contributed by atoms with Crippen LogP contribution < -0.4 is 0 Å². The van der Waals surface area contributed by atoms with Crippen molar-refractivity contribution < 1.29 is 17.7 Å². The molecule has 0 saturated carbocycles. The summed E-state index contributed by atoms with van der Waals surface area (Å²) in [5, 5.41) is 0. The largest absolute Gasteiger partial charge is 0.593 e. The number of aryl methyl sites for hydroxylation is 2. The molecule has 6 heteroatoms. The van der Waals surface area contributed by atoms with Crippen molar-refractivity contribution in [2.24, 2.45) is 0 Å². The van der Waals surface area contributed by atoms with E-state index < -0.39 is 23.1 Å². The van der Waals surface area contributed by atoms with Gasteiger partial charge in [0, 0.05) is 18.2 Å². The molecule has 1 atom stereocenters. The van der Waals surface area contributed by atoms with Gasteiger partial charge in [-0.05, 0) is 31.4 Å². The molecular formula is C18H18F3NOS. The van der Waals surface area contributed by atoms with E-state index in [9.17, 15) is 17.7 Å². The topological polar surface area (TPSA) is 26.3 Å². The molecule has 0 N–H and O–H groups in total. The van der Waals surface area contributed by atoms with Crippen LogP contribution in [0.2, 0.25) is 0 Å². The lowest BCUT2D eigenvalue weighted by molar-refractivity contribution is -0.137. The van der Waals surface area contributed by atoms with Gasteiger partial charge in [-0.3, -0.25) is 0 Å². The zero-order valence-electron chi connectivity index (χ0n) is 13.3. The summed E-state index contributed by atoms with van der Waals surface area (Å²) in [6.45, 7) is 3.04. The second-order valence-corrected chi connectivity index (χ2v) is 7.48. The SMILES string of the molecule is Cc1cccc(CN2CCCc3ccc(C(F)(F)F)cc3[S+]2[O-])c1. The molecule has 0 saturated heterocycles. The Morgan fingerprint density at radius 3 is 2.67 bits per heavy atom. The Morgan fingerprint density at radius 2 is 1.96 bits per heavy atom. The van der Waals surface area contributed by atoms with Crippen molar-refractivity contribution in [1.29, 1.82) is 0 Å². The van der Waals surface area contributed by atoms with Crippen LogP contribution >= 0.6 is 0 Å². The van der Waals surface area contributed by atoms with E-state index in [2.05, 4.69) is 0 Å². The normalized spacial score (nSPS) is 19.0. The fourth-order valence-corrected chi connectivity index (χ4v) is 4.38. The summed E-state index contributed by atoms with van der Waals surface area (Å²) >= 11 is -1.59. The van der Waals surface area contributed by atoms with Crippen LogP contribution in [0.5, 0.6) is 0 Å². The van der Waals surface area contributed by atoms with E-state index in [-0.39, 0.29) is 4.90 Å². The first kappa shape index (κ1) is 17.3. The molecule has 2 nitrogen and oxygen atoms in total. The molecule has 24 heavy (non-hydrogen) atoms. The molecule has 1 heterocycles. The van der Waals surface area contributed by atoms with E-state index in [4.69, 9.17) is 0 Å². The summed E-state index contributed by atoms with van der Waals surface area (Å²) in [5.41, 5.74) is 2.12. The smallest absolute Gasteiger partial charge is 0.416 e. The number of fused-ring (bicyclic) bond motifs is 1. The lowest BCUT2D eigenvalue weighted by atomic mass is 10.1. The van der Waals surface area contributed by atoms with Gasteiger partial charge in [0.15, 0.2) is 4.90 Å². The standard InChI is InChI=1S/C18H18F3NOS/c1-13-4-2-5-14(10-13)12-22-9-3-6-15-7-8-16(18(19,20)21)11-17(15)24(22)23/h2,4-5,7-8,10-11H,3,6,9,12H2,1H3. The summed E-state index contributed by atoms with van der Waals surface area (Å²) in [6, 6.07) is 11.4. The first-order valence-electron chi connectivity index (χ1n) is 7.77. The van der Waals surface area contributed by atoms with Gasteiger partial charge >= 0.3 is 6.18 Å². The first-order valence-corrected chi connectivity index (χ1v) is 8.88. The Labute approximate surface area is 142 Å². The first-order chi connectivity index (χ1) is 11.3. The molecule has 0 fully saturated rings. The quantitative estimate of drug-likeness (QED) is 0.744. The van der Waals surface area contributed by atoms with Crippen molar-refractivity contribution >= 4 is 11.4 Å². The highest BCUT2D eigenvalue weighted by atomic mass is 32.2. The van der Waals surface area contributed by atoms with Crippen LogP contribution in [0.3, 0.4) is 0 Å². The third-order valence-electron chi connectivity index (χ3n) is 4.11. The zero-order valence-corrected chi connectivity index (χ0v) is 14.1. The Morgan fingerprint density at radius 1 is 1.17 bits per heavy atom. The van der Waals surface area contributed by atoms with Crippen molar-refractivity contribution in [3.05, 3.63) is 64.7 Å². The number of benzene rings is 2. The highest BCUT2D eigenvalue weighted by Crippen LogP contribution is 2.34. The lowest BCUT2D eigenvalue weighted by Crippen LogP contribution is -2.30. The van der Waals surface area contributed by atoms with E-state index in [1.165, 1.54) is 6.07 Å². The van der Waals surface area contributed by atoms with Crippen LogP contribution in [-0.4, -0.2) is 15.4 Å². The van der Waals surface area contributed by atoms with Gasteiger partial charge in [-0.25, -0.2) is 0 Å². The average molecular weight is 353 g/mol. The minimum atomic E-state index is -4.42. The van der Waals surface area contributed by atoms with E-state index in [0.29, 0.717) is 19.5 Å². The molecule has 0 spiro atoms. The van der Waals surface area contributed by atoms with Crippen LogP contribution in [-0.2, 0) is 30.5 Å². The highest BCUT2D eigenvalue weighted by Gasteiger charge is 2.35. The van der Waals surface area contributed by atoms with Crippen molar-refractivity contribution in [2.75, 3.05) is 6.54 Å². The Balaban J connectivity index is 1.90. The summed E-state index contributed by atoms with van der Waals surface area (Å²) < 4.78 is 53.5. The number of nitrogens with zero attached hydrogens (tertiary/aromatic N) is 1. The summed E-state index contributed by atoms with van der Waals surface area (Å²) in [7, 11) is 0. The van der Waals surface area contributed by atoms with Gasteiger partial charge in [0.1, 0.15) is 0 Å². The molecule has 0 amide bonds. The van der Waals surface area contributed by atoms with Gasteiger partial charge < -0.3 is 4.55 Å². The predicted octanol–water partition coefficient (Wildman–Crippen LogP) is 4.48. The van der Waals surface area contributed by atoms with Gasteiger partial charge in [0.05, 0.1) is 23.5 Å². The third kappa shape index (κ3) is 3.77. The van der Waals surface area contributed by atoms with Gasteiger partial charge in [0.2, 0.25) is 0 Å². The molecule has 1 unspecified atom stereocenters. The summed E-state index contributed by atoms with van der Waals surface area (Å²) in [4.78, 5) is 0.287. The van der Waals surface area contributed by atoms with E-state index >= 15 is 0 Å². The van der Waals surface area contributed by atoms with Crippen LogP contribution in [0.4, 0.5) is 13.2 Å². The average Bonchev–Trinajstić information content (AvgIpc) is 2.66. The Bertz CT molecular complexity index is 732. The van der Waals surface area contributed by atoms with Crippen LogP contribution in [0, 0.1) is 6.92 Å². The van der Waals surface area contributed by atoms with Crippen LogP contribution in [0.25, 0.3) is 0 Å². The molecule has 0 bridgehead atoms. The number of hydrogen-bond acceptors (Lipinski definition) is 2. The van der Waals surface area contributed by atoms with Gasteiger partial charge in [-0.2, -0.15) is 13.2 Å². The maximum absolute atomic E-state index is 13.0. The molecule has 3 rings (SSSR count). The third-order valence-corrected chi connectivity index (χ3v) is 5.65. The summed E-state index contributed by atoms with van der Waals surface area (Å²) in [5.74, 6) is 0. The second-order valence-electron chi connectivity index (χ2n) is 6.03. The summed E-state index contributed by atoms with van der Waals surface area (Å²) in [6.07, 6.45) is -3.01. The molecule has 2 aromatic rings. The Kier molecular flexibility index (Phi) is 4.90. The minimum absolute atomic E-state index is 0.287. The van der Waals surface area contributed by atoms with Crippen molar-refractivity contribution in [3.8, 4) is 0 Å². The molecule has 0 aromatic heterocycles. The maximum atomic E-state index is 13.0. The second kappa shape index (κ2) is 6.78. The molecular weight excluding hydrogens is 335 g/mol. The molecule has 0 aliphatic carbocycles. The maximum Gasteiger partial charge on any atom is 0.416 e. The van der Waals surface area contributed by atoms with Crippen molar-refractivity contribution in [1.82, 2.24) is 4.31 Å². The zero-order chi connectivity index (χ0) is 17.3. The fraction of sp³-hybridized carbons (Fsp3) is 0.333. The van der Waals surface area contributed by atoms with Crippen molar-refractivity contribution in [3.63, 3.8) is 0 Å². The number of halogens is 3. The molecule has 128 valence electrons. The van der Waals surface area contributed by atoms with Crippen LogP contribution in [0.1, 0.15) is 28.7 Å². The van der Waals surface area contributed by atoms with E-state index in [0.717, 1.165) is 35.2 Å². The van der Waals surface area contributed by atoms with Gasteiger partial charge in [0.25, 0.3) is 0 Å². The number of hydrogen-bond donors (Lipinski definition) is 0. The number of rotatable bonds is 2.